The van der Waals surface area contributed by atoms with Crippen LogP contribution in [0.2, 0.25) is 0 Å². The minimum Gasteiger partial charge on any atom is -0.498 e. The van der Waals surface area contributed by atoms with E-state index in [2.05, 4.69) is 51.5 Å². The number of hydrogen-bond acceptors (Lipinski definition) is 5. The van der Waals surface area contributed by atoms with E-state index in [4.69, 9.17) is 9.47 Å². The smallest absolute Gasteiger partial charge is 0.323 e. The zero-order valence-electron chi connectivity index (χ0n) is 44.4. The Morgan fingerprint density at radius 2 is 0.750 bits per heavy atom. The molecule has 0 spiro atoms. The highest BCUT2D eigenvalue weighted by Gasteiger charge is 2.28. The summed E-state index contributed by atoms with van der Waals surface area (Å²) >= 11 is 0. The van der Waals surface area contributed by atoms with Gasteiger partial charge in [0, 0.05) is 12.5 Å². The zero-order chi connectivity index (χ0) is 46.4. The molecule has 0 bridgehead atoms. The highest BCUT2D eigenvalue weighted by Crippen LogP contribution is 2.24. The monoisotopic (exact) mass is 901 g/mol. The third kappa shape index (κ3) is 39.0. The summed E-state index contributed by atoms with van der Waals surface area (Å²) in [4.78, 5) is 16.5. The van der Waals surface area contributed by atoms with Crippen molar-refractivity contribution in [2.75, 3.05) is 33.4 Å². The molecule has 1 fully saturated rings. The van der Waals surface area contributed by atoms with Crippen LogP contribution in [-0.2, 0) is 14.3 Å². The Kier molecular flexibility index (Phi) is 44.8. The molecule has 0 aromatic heterocycles. The largest absolute Gasteiger partial charge is 0.498 e. The minimum absolute atomic E-state index is 0.0893. The number of unbranched alkanes of at least 4 members (excludes halogenated alkanes) is 32. The van der Waals surface area contributed by atoms with Crippen LogP contribution in [-0.4, -0.2) is 56.3 Å². The molecule has 1 N–H and O–H groups in total. The fraction of sp³-hybridized carbons (Fsp3) is 0.949. The standard InChI is InChI=1S/C59H116N2O3/c1-7-11-15-19-23-27-29-33-37-40-44-55(43-39-35-31-25-21-17-13-9-3)52-63-54(5)51-58(60-57-47-49-61(6)50-48-57)59(62)64-53-56(45-41-36-32-26-22-18-14-10-4)46-42-38-34-30-28-24-20-16-12-8-2/h55-58,60H,5,7-53H2,1-4,6H3. The van der Waals surface area contributed by atoms with E-state index in [0.717, 1.165) is 38.3 Å². The van der Waals surface area contributed by atoms with Crippen LogP contribution < -0.4 is 5.32 Å². The molecule has 0 radical (unpaired) electrons. The molecule has 0 aromatic carbocycles. The molecule has 5 nitrogen and oxygen atoms in total. The van der Waals surface area contributed by atoms with Crippen LogP contribution in [0.5, 0.6) is 0 Å². The second kappa shape index (κ2) is 47.0. The number of likely N-dealkylation sites (tertiary alicyclic amines) is 1. The van der Waals surface area contributed by atoms with Gasteiger partial charge < -0.3 is 19.7 Å². The number of piperidine rings is 1. The van der Waals surface area contributed by atoms with E-state index >= 15 is 0 Å². The van der Waals surface area contributed by atoms with Gasteiger partial charge >= 0.3 is 5.97 Å². The fourth-order valence-electron chi connectivity index (χ4n) is 10.1. The van der Waals surface area contributed by atoms with Gasteiger partial charge in [-0.1, -0.05) is 265 Å². The number of nitrogens with one attached hydrogen (secondary N) is 1. The summed E-state index contributed by atoms with van der Waals surface area (Å²) in [6.45, 7) is 17.1. The quantitative estimate of drug-likeness (QED) is 0.0374. The number of ether oxygens (including phenoxy) is 2. The summed E-state index contributed by atoms with van der Waals surface area (Å²) in [5, 5.41) is 3.78. The van der Waals surface area contributed by atoms with Crippen LogP contribution in [0.4, 0.5) is 0 Å². The summed E-state index contributed by atoms with van der Waals surface area (Å²) in [7, 11) is 2.21. The van der Waals surface area contributed by atoms with Crippen molar-refractivity contribution in [2.45, 2.75) is 316 Å². The number of esters is 1. The van der Waals surface area contributed by atoms with E-state index in [-0.39, 0.29) is 5.97 Å². The summed E-state index contributed by atoms with van der Waals surface area (Å²) in [6, 6.07) is -0.0671. The normalized spacial score (nSPS) is 15.1. The lowest BCUT2D eigenvalue weighted by Gasteiger charge is -2.32. The molecule has 5 heteroatoms. The van der Waals surface area contributed by atoms with Gasteiger partial charge in [-0.3, -0.25) is 4.79 Å². The molecule has 3 atom stereocenters. The number of carbonyl (C=O) groups is 1. The van der Waals surface area contributed by atoms with Crippen LogP contribution in [0.15, 0.2) is 12.3 Å². The lowest BCUT2D eigenvalue weighted by molar-refractivity contribution is -0.148. The second-order valence-corrected chi connectivity index (χ2v) is 21.2. The maximum Gasteiger partial charge on any atom is 0.323 e. The van der Waals surface area contributed by atoms with Gasteiger partial charge in [0.05, 0.1) is 19.0 Å². The molecule has 1 heterocycles. The SMILES string of the molecule is C=C(CC(NC1CCN(C)CC1)C(=O)OCC(CCCCCCCCCC)CCCCCCCCCCCC)OCC(CCCCCCCCCC)CCCCCCCCCCCC. The molecule has 380 valence electrons. The van der Waals surface area contributed by atoms with Crippen LogP contribution in [0.3, 0.4) is 0 Å². The molecule has 0 saturated carbocycles. The van der Waals surface area contributed by atoms with Crippen molar-refractivity contribution in [2.24, 2.45) is 11.8 Å². The first kappa shape index (κ1) is 60.9. The predicted octanol–water partition coefficient (Wildman–Crippen LogP) is 18.4. The van der Waals surface area contributed by atoms with E-state index in [1.807, 2.05) is 0 Å². The predicted molar refractivity (Wildman–Crippen MR) is 282 cm³/mol. The molecule has 1 aliphatic rings. The number of rotatable bonds is 50. The van der Waals surface area contributed by atoms with Gasteiger partial charge in [-0.05, 0) is 70.5 Å². The van der Waals surface area contributed by atoms with Crippen LogP contribution >= 0.6 is 0 Å². The summed E-state index contributed by atoms with van der Waals surface area (Å²) < 4.78 is 12.9. The summed E-state index contributed by atoms with van der Waals surface area (Å²) in [5.41, 5.74) is 0. The van der Waals surface area contributed by atoms with Crippen LogP contribution in [0, 0.1) is 11.8 Å². The van der Waals surface area contributed by atoms with Gasteiger partial charge in [0.15, 0.2) is 0 Å². The number of nitrogens with zero attached hydrogens (tertiary/aromatic N) is 1. The van der Waals surface area contributed by atoms with Crippen molar-refractivity contribution in [1.29, 1.82) is 0 Å². The lowest BCUT2D eigenvalue weighted by Crippen LogP contribution is -2.49. The molecule has 0 aliphatic carbocycles. The Morgan fingerprint density at radius 3 is 1.06 bits per heavy atom. The van der Waals surface area contributed by atoms with Crippen molar-refractivity contribution >= 4 is 5.97 Å². The molecular formula is C59H116N2O3. The average Bonchev–Trinajstić information content (AvgIpc) is 3.30. The van der Waals surface area contributed by atoms with E-state index in [0.29, 0.717) is 30.9 Å². The van der Waals surface area contributed by atoms with Crippen molar-refractivity contribution < 1.29 is 14.3 Å². The van der Waals surface area contributed by atoms with Gasteiger partial charge in [-0.2, -0.15) is 0 Å². The Morgan fingerprint density at radius 1 is 0.469 bits per heavy atom. The van der Waals surface area contributed by atoms with E-state index in [1.165, 1.54) is 257 Å². The lowest BCUT2D eigenvalue weighted by atomic mass is 9.94. The average molecular weight is 902 g/mol. The van der Waals surface area contributed by atoms with E-state index < -0.39 is 6.04 Å². The Hall–Kier alpha value is -1.07. The number of hydrogen-bond donors (Lipinski definition) is 1. The van der Waals surface area contributed by atoms with Gasteiger partial charge in [0.2, 0.25) is 0 Å². The van der Waals surface area contributed by atoms with Crippen molar-refractivity contribution in [3.63, 3.8) is 0 Å². The first-order chi connectivity index (χ1) is 31.4. The molecule has 1 rings (SSSR count). The molecule has 0 aromatic rings. The third-order valence-corrected chi connectivity index (χ3v) is 14.7. The van der Waals surface area contributed by atoms with E-state index in [9.17, 15) is 4.79 Å². The molecule has 3 unspecified atom stereocenters. The highest BCUT2D eigenvalue weighted by molar-refractivity contribution is 5.76. The Balaban J connectivity index is 2.79. The maximum absolute atomic E-state index is 14.1. The van der Waals surface area contributed by atoms with Gasteiger partial charge in [0.1, 0.15) is 6.04 Å². The van der Waals surface area contributed by atoms with Gasteiger partial charge in [-0.25, -0.2) is 0 Å². The highest BCUT2D eigenvalue weighted by atomic mass is 16.5. The van der Waals surface area contributed by atoms with E-state index in [1.54, 1.807) is 0 Å². The van der Waals surface area contributed by atoms with Crippen molar-refractivity contribution in [3.8, 4) is 0 Å². The Labute approximate surface area is 402 Å². The molecule has 0 amide bonds. The molecular weight excluding hydrogens is 785 g/mol. The third-order valence-electron chi connectivity index (χ3n) is 14.7. The van der Waals surface area contributed by atoms with Gasteiger partial charge in [-0.15, -0.1) is 0 Å². The minimum atomic E-state index is -0.393. The zero-order valence-corrected chi connectivity index (χ0v) is 44.4. The maximum atomic E-state index is 14.1. The van der Waals surface area contributed by atoms with Crippen molar-refractivity contribution in [3.05, 3.63) is 12.3 Å². The van der Waals surface area contributed by atoms with Gasteiger partial charge in [0.25, 0.3) is 0 Å². The fourth-order valence-corrected chi connectivity index (χ4v) is 10.1. The van der Waals surface area contributed by atoms with Crippen LogP contribution in [0.25, 0.3) is 0 Å². The topological polar surface area (TPSA) is 50.8 Å². The second-order valence-electron chi connectivity index (χ2n) is 21.2. The first-order valence-corrected chi connectivity index (χ1v) is 29.3. The molecule has 1 saturated heterocycles. The Bertz CT molecular complexity index is 979. The molecule has 1 aliphatic heterocycles. The first-order valence-electron chi connectivity index (χ1n) is 29.3. The summed E-state index contributed by atoms with van der Waals surface area (Å²) in [6.07, 6.45) is 56.6. The molecule has 64 heavy (non-hydrogen) atoms. The van der Waals surface area contributed by atoms with Crippen molar-refractivity contribution in [1.82, 2.24) is 10.2 Å². The summed E-state index contributed by atoms with van der Waals surface area (Å²) in [5.74, 6) is 1.70. The van der Waals surface area contributed by atoms with Crippen LogP contribution in [0.1, 0.15) is 304 Å². The number of carbonyl (C=O) groups excluding carboxylic acids is 1.